The van der Waals surface area contributed by atoms with E-state index in [0.717, 1.165) is 24.2 Å². The maximum absolute atomic E-state index is 13.2. The van der Waals surface area contributed by atoms with Crippen molar-refractivity contribution in [2.24, 2.45) is 0 Å². The summed E-state index contributed by atoms with van der Waals surface area (Å²) in [5.41, 5.74) is 1.99. The van der Waals surface area contributed by atoms with E-state index in [2.05, 4.69) is 18.7 Å². The third-order valence-electron chi connectivity index (χ3n) is 4.11. The minimum atomic E-state index is -0.534. The van der Waals surface area contributed by atoms with E-state index in [4.69, 9.17) is 0 Å². The number of hydrogen-bond donors (Lipinski definition) is 1. The van der Waals surface area contributed by atoms with Gasteiger partial charge in [0.25, 0.3) is 0 Å². The SMILES string of the molecule is CCN(CC)CC(O)C(c1ccccc1)c1ccc(F)cc1. The first-order valence-electron chi connectivity index (χ1n) is 7.86. The molecule has 0 aromatic heterocycles. The van der Waals surface area contributed by atoms with Gasteiger partial charge in [-0.1, -0.05) is 56.3 Å². The van der Waals surface area contributed by atoms with Crippen LogP contribution in [0.25, 0.3) is 0 Å². The summed E-state index contributed by atoms with van der Waals surface area (Å²) in [6.45, 7) is 6.58. The Morgan fingerprint density at radius 2 is 1.45 bits per heavy atom. The molecule has 0 fully saturated rings. The first-order valence-corrected chi connectivity index (χ1v) is 7.86. The average Bonchev–Trinajstić information content (AvgIpc) is 2.55. The Bertz CT molecular complexity index is 551. The van der Waals surface area contributed by atoms with Crippen LogP contribution in [0.4, 0.5) is 4.39 Å². The normalized spacial score (nSPS) is 14.0. The molecule has 2 aromatic carbocycles. The summed E-state index contributed by atoms with van der Waals surface area (Å²) in [5, 5.41) is 10.8. The Balaban J connectivity index is 2.31. The van der Waals surface area contributed by atoms with Gasteiger partial charge < -0.3 is 10.0 Å². The zero-order chi connectivity index (χ0) is 15.9. The molecule has 0 amide bonds. The lowest BCUT2D eigenvalue weighted by Gasteiger charge is -2.29. The van der Waals surface area contributed by atoms with E-state index in [1.165, 1.54) is 12.1 Å². The summed E-state index contributed by atoms with van der Waals surface area (Å²) in [7, 11) is 0. The molecule has 0 spiro atoms. The molecule has 3 heteroatoms. The van der Waals surface area contributed by atoms with Gasteiger partial charge >= 0.3 is 0 Å². The fourth-order valence-corrected chi connectivity index (χ4v) is 2.82. The molecule has 0 saturated heterocycles. The monoisotopic (exact) mass is 301 g/mol. The summed E-state index contributed by atoms with van der Waals surface area (Å²) < 4.78 is 13.2. The molecular formula is C19H24FNO. The summed E-state index contributed by atoms with van der Waals surface area (Å²) >= 11 is 0. The van der Waals surface area contributed by atoms with Crippen LogP contribution >= 0.6 is 0 Å². The van der Waals surface area contributed by atoms with Gasteiger partial charge in [-0.2, -0.15) is 0 Å². The number of hydrogen-bond acceptors (Lipinski definition) is 2. The predicted octanol–water partition coefficient (Wildman–Crippen LogP) is 3.66. The molecule has 0 radical (unpaired) electrons. The van der Waals surface area contributed by atoms with Crippen LogP contribution in [0.2, 0.25) is 0 Å². The van der Waals surface area contributed by atoms with Gasteiger partial charge in [0.1, 0.15) is 5.82 Å². The van der Waals surface area contributed by atoms with Gasteiger partial charge in [0.2, 0.25) is 0 Å². The van der Waals surface area contributed by atoms with Gasteiger partial charge in [-0.25, -0.2) is 4.39 Å². The highest BCUT2D eigenvalue weighted by molar-refractivity contribution is 5.34. The zero-order valence-corrected chi connectivity index (χ0v) is 13.2. The highest BCUT2D eigenvalue weighted by Gasteiger charge is 2.24. The lowest BCUT2D eigenvalue weighted by atomic mass is 9.86. The molecule has 1 N–H and O–H groups in total. The standard InChI is InChI=1S/C19H24FNO/c1-3-21(4-2)14-18(22)19(15-8-6-5-7-9-15)16-10-12-17(20)13-11-16/h5-13,18-19,22H,3-4,14H2,1-2H3. The molecule has 22 heavy (non-hydrogen) atoms. The van der Waals surface area contributed by atoms with Crippen molar-refractivity contribution >= 4 is 0 Å². The van der Waals surface area contributed by atoms with Crippen LogP contribution < -0.4 is 0 Å². The van der Waals surface area contributed by atoms with Crippen molar-refractivity contribution in [1.82, 2.24) is 4.90 Å². The van der Waals surface area contributed by atoms with E-state index in [1.54, 1.807) is 12.1 Å². The molecule has 0 bridgehead atoms. The van der Waals surface area contributed by atoms with Crippen molar-refractivity contribution in [2.45, 2.75) is 25.9 Å². The summed E-state index contributed by atoms with van der Waals surface area (Å²) in [6.07, 6.45) is -0.534. The molecule has 0 aliphatic heterocycles. The van der Waals surface area contributed by atoms with E-state index in [0.29, 0.717) is 6.54 Å². The molecule has 0 heterocycles. The number of rotatable bonds is 7. The predicted molar refractivity (Wildman–Crippen MR) is 88.5 cm³/mol. The first-order chi connectivity index (χ1) is 10.7. The largest absolute Gasteiger partial charge is 0.391 e. The van der Waals surface area contributed by atoms with Gasteiger partial charge in [-0.3, -0.25) is 0 Å². The summed E-state index contributed by atoms with van der Waals surface area (Å²) in [6, 6.07) is 16.4. The van der Waals surface area contributed by atoms with E-state index in [1.807, 2.05) is 30.3 Å². The fraction of sp³-hybridized carbons (Fsp3) is 0.368. The highest BCUT2D eigenvalue weighted by Crippen LogP contribution is 2.28. The number of aliphatic hydroxyl groups is 1. The number of aliphatic hydroxyl groups excluding tert-OH is 1. The molecular weight excluding hydrogens is 277 g/mol. The van der Waals surface area contributed by atoms with Crippen molar-refractivity contribution in [2.75, 3.05) is 19.6 Å². The Kier molecular flexibility index (Phi) is 6.10. The van der Waals surface area contributed by atoms with Gasteiger partial charge in [-0.05, 0) is 36.3 Å². The molecule has 118 valence electrons. The average molecular weight is 301 g/mol. The van der Waals surface area contributed by atoms with Crippen LogP contribution in [0.3, 0.4) is 0 Å². The Hall–Kier alpha value is -1.71. The van der Waals surface area contributed by atoms with Gasteiger partial charge in [0.05, 0.1) is 6.10 Å². The minimum Gasteiger partial charge on any atom is -0.391 e. The quantitative estimate of drug-likeness (QED) is 0.843. The van der Waals surface area contributed by atoms with Crippen LogP contribution in [-0.4, -0.2) is 35.7 Å². The third-order valence-corrected chi connectivity index (χ3v) is 4.11. The van der Waals surface area contributed by atoms with E-state index in [9.17, 15) is 9.50 Å². The van der Waals surface area contributed by atoms with Crippen LogP contribution in [0.15, 0.2) is 54.6 Å². The summed E-state index contributed by atoms with van der Waals surface area (Å²) in [4.78, 5) is 2.20. The fourth-order valence-electron chi connectivity index (χ4n) is 2.82. The van der Waals surface area contributed by atoms with Crippen molar-refractivity contribution in [1.29, 1.82) is 0 Å². The Morgan fingerprint density at radius 1 is 0.909 bits per heavy atom. The molecule has 2 unspecified atom stereocenters. The van der Waals surface area contributed by atoms with E-state index in [-0.39, 0.29) is 11.7 Å². The van der Waals surface area contributed by atoms with Crippen molar-refractivity contribution < 1.29 is 9.50 Å². The second-order valence-electron chi connectivity index (χ2n) is 5.49. The minimum absolute atomic E-state index is 0.151. The van der Waals surface area contributed by atoms with Crippen molar-refractivity contribution in [3.05, 3.63) is 71.5 Å². The Morgan fingerprint density at radius 3 is 2.00 bits per heavy atom. The highest BCUT2D eigenvalue weighted by atomic mass is 19.1. The van der Waals surface area contributed by atoms with Gasteiger partial charge in [0, 0.05) is 12.5 Å². The molecule has 2 aromatic rings. The van der Waals surface area contributed by atoms with Gasteiger partial charge in [-0.15, -0.1) is 0 Å². The Labute approximate surface area is 132 Å². The second kappa shape index (κ2) is 8.06. The van der Waals surface area contributed by atoms with Crippen molar-refractivity contribution in [3.8, 4) is 0 Å². The van der Waals surface area contributed by atoms with Crippen LogP contribution in [-0.2, 0) is 0 Å². The topological polar surface area (TPSA) is 23.5 Å². The van der Waals surface area contributed by atoms with Crippen LogP contribution in [0.1, 0.15) is 30.9 Å². The van der Waals surface area contributed by atoms with E-state index >= 15 is 0 Å². The van der Waals surface area contributed by atoms with Crippen molar-refractivity contribution in [3.63, 3.8) is 0 Å². The number of benzene rings is 2. The number of likely N-dealkylation sites (N-methyl/N-ethyl adjacent to an activating group) is 1. The lowest BCUT2D eigenvalue weighted by molar-refractivity contribution is 0.104. The molecule has 2 rings (SSSR count). The maximum Gasteiger partial charge on any atom is 0.123 e. The molecule has 0 saturated carbocycles. The number of nitrogens with zero attached hydrogens (tertiary/aromatic N) is 1. The van der Waals surface area contributed by atoms with Crippen LogP contribution in [0, 0.1) is 5.82 Å². The zero-order valence-electron chi connectivity index (χ0n) is 13.2. The smallest absolute Gasteiger partial charge is 0.123 e. The molecule has 0 aliphatic carbocycles. The van der Waals surface area contributed by atoms with E-state index < -0.39 is 6.10 Å². The first kappa shape index (κ1) is 16.7. The van der Waals surface area contributed by atoms with Crippen LogP contribution in [0.5, 0.6) is 0 Å². The maximum atomic E-state index is 13.2. The third kappa shape index (κ3) is 4.15. The second-order valence-corrected chi connectivity index (χ2v) is 5.49. The summed E-state index contributed by atoms with van der Waals surface area (Å²) in [5.74, 6) is -0.406. The molecule has 2 nitrogen and oxygen atoms in total. The van der Waals surface area contributed by atoms with Gasteiger partial charge in [0.15, 0.2) is 0 Å². The molecule has 2 atom stereocenters. The molecule has 0 aliphatic rings. The lowest BCUT2D eigenvalue weighted by Crippen LogP contribution is -2.36. The number of halogens is 1.